The Labute approximate surface area is 226 Å². The molecule has 202 valence electrons. The van der Waals surface area contributed by atoms with Gasteiger partial charge in [0.25, 0.3) is 5.56 Å². The van der Waals surface area contributed by atoms with Crippen LogP contribution in [-0.4, -0.2) is 44.8 Å². The van der Waals surface area contributed by atoms with Gasteiger partial charge >= 0.3 is 0 Å². The third-order valence-electron chi connectivity index (χ3n) is 6.43. The normalized spacial score (nSPS) is 10.8. The van der Waals surface area contributed by atoms with E-state index in [-0.39, 0.29) is 11.4 Å². The minimum Gasteiger partial charge on any atom is -0.496 e. The van der Waals surface area contributed by atoms with Crippen molar-refractivity contribution in [3.63, 3.8) is 0 Å². The molecule has 0 bridgehead atoms. The third-order valence-corrected chi connectivity index (χ3v) is 6.43. The Morgan fingerprint density at radius 1 is 1.10 bits per heavy atom. The number of unbranched alkanes of at least 4 members (excludes halogenated alkanes) is 1. The number of pyridine rings is 2. The lowest BCUT2D eigenvalue weighted by atomic mass is 9.99. The van der Waals surface area contributed by atoms with Crippen molar-refractivity contribution < 1.29 is 14.7 Å². The molecule has 0 amide bonds. The highest BCUT2D eigenvalue weighted by molar-refractivity contribution is 6.01. The van der Waals surface area contributed by atoms with Gasteiger partial charge in [0, 0.05) is 47.1 Å². The predicted molar refractivity (Wildman–Crippen MR) is 148 cm³/mol. The molecule has 0 spiro atoms. The number of rotatable bonds is 10. The predicted octanol–water partition coefficient (Wildman–Crippen LogP) is 4.25. The maximum Gasteiger partial charge on any atom is 0.263 e. The summed E-state index contributed by atoms with van der Waals surface area (Å²) in [5.41, 5.74) is 5.79. The van der Waals surface area contributed by atoms with Crippen molar-refractivity contribution in [1.29, 1.82) is 5.41 Å². The lowest BCUT2D eigenvalue weighted by Gasteiger charge is -2.16. The Morgan fingerprint density at radius 2 is 1.90 bits per heavy atom. The zero-order chi connectivity index (χ0) is 27.9. The number of ether oxygens (including phenoxy) is 2. The number of hydroxylamine groups is 1. The summed E-state index contributed by atoms with van der Waals surface area (Å²) in [7, 11) is 3.05. The quantitative estimate of drug-likeness (QED) is 0.158. The molecule has 0 radical (unpaired) electrons. The molecule has 4 rings (SSSR count). The zero-order valence-electron chi connectivity index (χ0n) is 22.5. The van der Waals surface area contributed by atoms with Crippen molar-refractivity contribution >= 4 is 5.84 Å². The number of aromatic nitrogens is 4. The Morgan fingerprint density at radius 3 is 2.56 bits per heavy atom. The highest BCUT2D eigenvalue weighted by Gasteiger charge is 2.19. The van der Waals surface area contributed by atoms with Crippen LogP contribution in [0.15, 0.2) is 59.5 Å². The van der Waals surface area contributed by atoms with Crippen LogP contribution in [0, 0.1) is 12.3 Å². The summed E-state index contributed by atoms with van der Waals surface area (Å²) in [4.78, 5) is 27.9. The largest absolute Gasteiger partial charge is 0.496 e. The summed E-state index contributed by atoms with van der Waals surface area (Å²) in [5, 5.41) is 17.2. The maximum atomic E-state index is 13.9. The van der Waals surface area contributed by atoms with Crippen molar-refractivity contribution in [3.8, 4) is 28.6 Å². The van der Waals surface area contributed by atoms with Gasteiger partial charge in [-0.15, -0.1) is 0 Å². The van der Waals surface area contributed by atoms with Gasteiger partial charge in [-0.1, -0.05) is 43.7 Å². The number of methoxy groups -OCH3 is 2. The van der Waals surface area contributed by atoms with Crippen LogP contribution in [0.25, 0.3) is 16.9 Å². The Balaban J connectivity index is 1.77. The molecule has 10 heteroatoms. The smallest absolute Gasteiger partial charge is 0.263 e. The van der Waals surface area contributed by atoms with Crippen molar-refractivity contribution in [2.45, 2.75) is 39.5 Å². The average Bonchev–Trinajstić information content (AvgIpc) is 2.97. The van der Waals surface area contributed by atoms with Crippen LogP contribution in [0.1, 0.15) is 48.1 Å². The second kappa shape index (κ2) is 12.3. The molecule has 0 saturated heterocycles. The molecule has 0 fully saturated rings. The van der Waals surface area contributed by atoms with E-state index < -0.39 is 0 Å². The molecule has 0 unspecified atom stereocenters. The molecule has 0 aliphatic rings. The van der Waals surface area contributed by atoms with Crippen molar-refractivity contribution in [3.05, 3.63) is 93.4 Å². The highest BCUT2D eigenvalue weighted by atomic mass is 16.5. The van der Waals surface area contributed by atoms with Crippen LogP contribution in [-0.2, 0) is 12.8 Å². The van der Waals surface area contributed by atoms with Crippen LogP contribution in [0.5, 0.6) is 11.6 Å². The van der Waals surface area contributed by atoms with Gasteiger partial charge in [0.2, 0.25) is 5.88 Å². The standard InChI is InChI=1S/C29H32N6O4/c1-5-6-11-25-24(29(36)35(18(2)32-25)26-15-21(38-3)16-27(33-26)39-4)14-20-13-12-19(17-31-20)22-9-7-8-10-23(22)28(30)34-37/h7-10,12-13,15-17,37H,5-6,11,14H2,1-4H3,(H2,30,34). The summed E-state index contributed by atoms with van der Waals surface area (Å²) < 4.78 is 12.2. The Kier molecular flexibility index (Phi) is 8.67. The minimum absolute atomic E-state index is 0.107. The van der Waals surface area contributed by atoms with Crippen LogP contribution in [0.3, 0.4) is 0 Å². The highest BCUT2D eigenvalue weighted by Crippen LogP contribution is 2.25. The van der Waals surface area contributed by atoms with Gasteiger partial charge in [0.1, 0.15) is 23.2 Å². The second-order valence-electron chi connectivity index (χ2n) is 8.98. The Hall–Kier alpha value is -4.57. The first-order valence-corrected chi connectivity index (χ1v) is 12.6. The molecule has 39 heavy (non-hydrogen) atoms. The van der Waals surface area contributed by atoms with Gasteiger partial charge in [-0.05, 0) is 31.4 Å². The van der Waals surface area contributed by atoms with Gasteiger partial charge in [0.05, 0.1) is 19.9 Å². The number of hydrogen-bond donors (Lipinski definition) is 3. The molecule has 4 aromatic rings. The molecule has 3 aromatic heterocycles. The maximum absolute atomic E-state index is 13.9. The number of amidine groups is 1. The Bertz CT molecular complexity index is 1510. The number of nitrogens with zero attached hydrogens (tertiary/aromatic N) is 4. The van der Waals surface area contributed by atoms with E-state index >= 15 is 0 Å². The summed E-state index contributed by atoms with van der Waals surface area (Å²) in [6.45, 7) is 3.89. The van der Waals surface area contributed by atoms with Crippen molar-refractivity contribution in [2.75, 3.05) is 14.2 Å². The minimum atomic E-state index is -0.213. The van der Waals surface area contributed by atoms with Crippen LogP contribution in [0.4, 0.5) is 0 Å². The number of hydrogen-bond acceptors (Lipinski definition) is 8. The van der Waals surface area contributed by atoms with E-state index in [1.165, 1.54) is 11.7 Å². The summed E-state index contributed by atoms with van der Waals surface area (Å²) in [6, 6.07) is 14.3. The molecule has 0 aliphatic heterocycles. The van der Waals surface area contributed by atoms with Gasteiger partial charge in [-0.3, -0.25) is 25.9 Å². The molecular weight excluding hydrogens is 496 g/mol. The topological polar surface area (TPSA) is 135 Å². The van der Waals surface area contributed by atoms with E-state index in [1.54, 1.807) is 44.5 Å². The van der Waals surface area contributed by atoms with Gasteiger partial charge < -0.3 is 9.47 Å². The zero-order valence-corrected chi connectivity index (χ0v) is 22.5. The van der Waals surface area contributed by atoms with Crippen LogP contribution < -0.4 is 20.5 Å². The van der Waals surface area contributed by atoms with Gasteiger partial charge in [0.15, 0.2) is 0 Å². The number of benzene rings is 1. The number of aryl methyl sites for hydroxylation is 2. The van der Waals surface area contributed by atoms with E-state index in [0.29, 0.717) is 52.9 Å². The second-order valence-corrected chi connectivity index (χ2v) is 8.98. The summed E-state index contributed by atoms with van der Waals surface area (Å²) >= 11 is 0. The molecule has 0 saturated carbocycles. The number of nitrogens with one attached hydrogen (secondary N) is 2. The molecule has 3 heterocycles. The average molecular weight is 529 g/mol. The van der Waals surface area contributed by atoms with Gasteiger partial charge in [-0.25, -0.2) is 9.55 Å². The molecule has 0 aliphatic carbocycles. The molecule has 3 N–H and O–H groups in total. The SMILES string of the molecule is CCCCc1nc(C)n(-c2cc(OC)cc(OC)n2)c(=O)c1Cc1ccc(-c2ccccc2C(=N)NO)cn1. The van der Waals surface area contributed by atoms with Crippen LogP contribution >= 0.6 is 0 Å². The first-order valence-electron chi connectivity index (χ1n) is 12.6. The first kappa shape index (κ1) is 27.5. The fourth-order valence-electron chi connectivity index (χ4n) is 4.40. The summed E-state index contributed by atoms with van der Waals surface area (Å²) in [6.07, 6.45) is 4.56. The van der Waals surface area contributed by atoms with Crippen molar-refractivity contribution in [2.24, 2.45) is 0 Å². The lowest BCUT2D eigenvalue weighted by Crippen LogP contribution is -2.29. The van der Waals surface area contributed by atoms with E-state index in [4.69, 9.17) is 19.9 Å². The molecule has 1 aromatic carbocycles. The van der Waals surface area contributed by atoms with Crippen LogP contribution in [0.2, 0.25) is 0 Å². The molecular formula is C29H32N6O4. The lowest BCUT2D eigenvalue weighted by molar-refractivity contribution is 0.234. The monoisotopic (exact) mass is 528 g/mol. The molecule has 0 atom stereocenters. The first-order chi connectivity index (χ1) is 18.9. The van der Waals surface area contributed by atoms with E-state index in [1.807, 2.05) is 29.7 Å². The third kappa shape index (κ3) is 5.96. The van der Waals surface area contributed by atoms with Crippen molar-refractivity contribution in [1.82, 2.24) is 25.0 Å². The van der Waals surface area contributed by atoms with Gasteiger partial charge in [-0.2, -0.15) is 4.98 Å². The fraction of sp³-hybridized carbons (Fsp3) is 0.276. The van der Waals surface area contributed by atoms with E-state index in [9.17, 15) is 10.0 Å². The fourth-order valence-corrected chi connectivity index (χ4v) is 4.40. The van der Waals surface area contributed by atoms with E-state index in [0.717, 1.165) is 29.7 Å². The van der Waals surface area contributed by atoms with E-state index in [2.05, 4.69) is 16.9 Å². The molecule has 10 nitrogen and oxygen atoms in total. The summed E-state index contributed by atoms with van der Waals surface area (Å²) in [5.74, 6) is 1.63.